The third-order valence-corrected chi connectivity index (χ3v) is 4.06. The Balaban J connectivity index is 2.31. The lowest BCUT2D eigenvalue weighted by Crippen LogP contribution is -2.25. The van der Waals surface area contributed by atoms with E-state index in [1.807, 2.05) is 4.31 Å². The van der Waals surface area contributed by atoms with Gasteiger partial charge in [-0.1, -0.05) is 17.7 Å². The molecule has 1 aromatic carbocycles. The third kappa shape index (κ3) is 1.74. The van der Waals surface area contributed by atoms with Crippen LogP contribution in [-0.2, 0) is 11.4 Å². The van der Waals surface area contributed by atoms with E-state index in [0.29, 0.717) is 0 Å². The van der Waals surface area contributed by atoms with E-state index >= 15 is 0 Å². The maximum Gasteiger partial charge on any atom is 0.133 e. The molecule has 3 heteroatoms. The Morgan fingerprint density at radius 1 is 1.36 bits per heavy atom. The van der Waals surface area contributed by atoms with Gasteiger partial charge in [0.25, 0.3) is 0 Å². The van der Waals surface area contributed by atoms with Crippen molar-refractivity contribution < 1.29 is 4.55 Å². The second-order valence-electron chi connectivity index (χ2n) is 3.77. The molecular formula is C11H15NOS. The van der Waals surface area contributed by atoms with Crippen LogP contribution in [0.25, 0.3) is 0 Å². The van der Waals surface area contributed by atoms with E-state index in [1.54, 1.807) is 0 Å². The summed E-state index contributed by atoms with van der Waals surface area (Å²) in [5, 5.41) is 0. The minimum Gasteiger partial charge on any atom is -0.593 e. The molecule has 2 nitrogen and oxygen atoms in total. The molecule has 0 spiro atoms. The minimum atomic E-state index is -0.795. The first-order valence-corrected chi connectivity index (χ1v) is 6.19. The number of aryl methyl sites for hydroxylation is 2. The van der Waals surface area contributed by atoms with Crippen LogP contribution in [0.15, 0.2) is 18.2 Å². The predicted octanol–water partition coefficient (Wildman–Crippen LogP) is 2.18. The first kappa shape index (κ1) is 9.87. The Morgan fingerprint density at radius 3 is 2.71 bits per heavy atom. The van der Waals surface area contributed by atoms with Crippen LogP contribution in [0.2, 0.25) is 0 Å². The second kappa shape index (κ2) is 3.83. The van der Waals surface area contributed by atoms with Gasteiger partial charge in [-0.2, -0.15) is 4.31 Å². The monoisotopic (exact) mass is 209 g/mol. The summed E-state index contributed by atoms with van der Waals surface area (Å²) in [5.41, 5.74) is 3.61. The summed E-state index contributed by atoms with van der Waals surface area (Å²) in [6.45, 7) is 5.09. The van der Waals surface area contributed by atoms with Crippen LogP contribution >= 0.6 is 0 Å². The molecule has 0 aliphatic carbocycles. The SMILES string of the molecule is Cc1ccc(N2CCC[S+]2[O-])c(C)c1. The first-order chi connectivity index (χ1) is 6.68. The average Bonchev–Trinajstić information content (AvgIpc) is 2.52. The van der Waals surface area contributed by atoms with E-state index in [2.05, 4.69) is 32.0 Å². The molecule has 2 rings (SSSR count). The van der Waals surface area contributed by atoms with Crippen LogP contribution in [0.5, 0.6) is 0 Å². The molecule has 0 amide bonds. The largest absolute Gasteiger partial charge is 0.593 e. The summed E-state index contributed by atoms with van der Waals surface area (Å²) in [7, 11) is 0. The van der Waals surface area contributed by atoms with Gasteiger partial charge in [0.2, 0.25) is 0 Å². The molecule has 0 radical (unpaired) electrons. The zero-order valence-electron chi connectivity index (χ0n) is 8.62. The van der Waals surface area contributed by atoms with Crippen LogP contribution in [0, 0.1) is 13.8 Å². The standard InChI is InChI=1S/C11H15NOS/c1-9-4-5-11(10(2)8-9)12-6-3-7-14(12)13/h4-5,8H,3,6-7H2,1-2H3. The number of rotatable bonds is 1. The highest BCUT2D eigenvalue weighted by Gasteiger charge is 2.27. The van der Waals surface area contributed by atoms with Crippen molar-refractivity contribution in [1.29, 1.82) is 0 Å². The molecule has 0 bridgehead atoms. The molecule has 1 unspecified atom stereocenters. The van der Waals surface area contributed by atoms with Crippen molar-refractivity contribution in [1.82, 2.24) is 0 Å². The lowest BCUT2D eigenvalue weighted by Gasteiger charge is -2.20. The van der Waals surface area contributed by atoms with Crippen molar-refractivity contribution in [2.75, 3.05) is 16.6 Å². The van der Waals surface area contributed by atoms with E-state index in [-0.39, 0.29) is 0 Å². The minimum absolute atomic E-state index is 0.795. The Kier molecular flexibility index (Phi) is 2.70. The van der Waals surface area contributed by atoms with Gasteiger partial charge in [-0.15, -0.1) is 0 Å². The summed E-state index contributed by atoms with van der Waals surface area (Å²) >= 11 is -0.795. The molecule has 1 fully saturated rings. The number of benzene rings is 1. The van der Waals surface area contributed by atoms with E-state index < -0.39 is 11.4 Å². The van der Waals surface area contributed by atoms with Crippen molar-refractivity contribution >= 4 is 17.0 Å². The van der Waals surface area contributed by atoms with Gasteiger partial charge in [-0.05, 0) is 25.5 Å². The highest BCUT2D eigenvalue weighted by molar-refractivity contribution is 7.93. The highest BCUT2D eigenvalue weighted by Crippen LogP contribution is 2.27. The number of nitrogens with zero attached hydrogens (tertiary/aromatic N) is 1. The third-order valence-electron chi connectivity index (χ3n) is 2.55. The summed E-state index contributed by atoms with van der Waals surface area (Å²) in [6.07, 6.45) is 1.04. The molecule has 1 heterocycles. The normalized spacial score (nSPS) is 21.6. The van der Waals surface area contributed by atoms with Gasteiger partial charge in [-0.25, -0.2) is 0 Å². The Morgan fingerprint density at radius 2 is 2.14 bits per heavy atom. The highest BCUT2D eigenvalue weighted by atomic mass is 32.2. The molecule has 1 aromatic rings. The van der Waals surface area contributed by atoms with Crippen LogP contribution in [-0.4, -0.2) is 16.9 Å². The average molecular weight is 209 g/mol. The Labute approximate surface area is 88.2 Å². The molecule has 1 atom stereocenters. The number of anilines is 1. The maximum absolute atomic E-state index is 11.6. The molecule has 0 aromatic heterocycles. The van der Waals surface area contributed by atoms with Gasteiger partial charge in [0.05, 0.1) is 23.6 Å². The fourth-order valence-corrected chi connectivity index (χ4v) is 3.21. The lowest BCUT2D eigenvalue weighted by atomic mass is 10.1. The van der Waals surface area contributed by atoms with Crippen molar-refractivity contribution in [3.63, 3.8) is 0 Å². The van der Waals surface area contributed by atoms with Gasteiger partial charge in [0.15, 0.2) is 0 Å². The zero-order valence-corrected chi connectivity index (χ0v) is 9.43. The van der Waals surface area contributed by atoms with Crippen molar-refractivity contribution in [3.05, 3.63) is 29.3 Å². The van der Waals surface area contributed by atoms with Crippen molar-refractivity contribution in [2.24, 2.45) is 0 Å². The lowest BCUT2D eigenvalue weighted by molar-refractivity contribution is 0.598. The van der Waals surface area contributed by atoms with E-state index in [0.717, 1.165) is 24.4 Å². The molecule has 1 saturated heterocycles. The van der Waals surface area contributed by atoms with Crippen LogP contribution in [0.1, 0.15) is 17.5 Å². The van der Waals surface area contributed by atoms with E-state index in [4.69, 9.17) is 0 Å². The maximum atomic E-state index is 11.6. The number of hydrogen-bond donors (Lipinski definition) is 0. The van der Waals surface area contributed by atoms with Gasteiger partial charge in [0, 0.05) is 6.42 Å². The van der Waals surface area contributed by atoms with Crippen molar-refractivity contribution in [2.45, 2.75) is 20.3 Å². The smallest absolute Gasteiger partial charge is 0.133 e. The molecule has 1 aliphatic rings. The quantitative estimate of drug-likeness (QED) is 0.663. The molecule has 14 heavy (non-hydrogen) atoms. The zero-order chi connectivity index (χ0) is 10.1. The molecule has 76 valence electrons. The second-order valence-corrected chi connectivity index (χ2v) is 5.26. The van der Waals surface area contributed by atoms with E-state index in [1.165, 1.54) is 11.1 Å². The van der Waals surface area contributed by atoms with Gasteiger partial charge in [0.1, 0.15) is 5.75 Å². The summed E-state index contributed by atoms with van der Waals surface area (Å²) in [4.78, 5) is 0. The molecule has 0 saturated carbocycles. The topological polar surface area (TPSA) is 26.3 Å². The molecule has 1 aliphatic heterocycles. The van der Waals surface area contributed by atoms with Crippen LogP contribution in [0.3, 0.4) is 0 Å². The molecular weight excluding hydrogens is 194 g/mol. The summed E-state index contributed by atoms with van der Waals surface area (Å²) in [6, 6.07) is 6.30. The van der Waals surface area contributed by atoms with Gasteiger partial charge < -0.3 is 4.55 Å². The van der Waals surface area contributed by atoms with Crippen molar-refractivity contribution in [3.8, 4) is 0 Å². The van der Waals surface area contributed by atoms with Crippen LogP contribution in [0.4, 0.5) is 5.69 Å². The summed E-state index contributed by atoms with van der Waals surface area (Å²) < 4.78 is 13.7. The first-order valence-electron chi connectivity index (χ1n) is 4.92. The van der Waals surface area contributed by atoms with Gasteiger partial charge >= 0.3 is 0 Å². The summed E-state index contributed by atoms with van der Waals surface area (Å²) in [5.74, 6) is 0.813. The van der Waals surface area contributed by atoms with Crippen LogP contribution < -0.4 is 4.31 Å². The fourth-order valence-electron chi connectivity index (χ4n) is 1.86. The van der Waals surface area contributed by atoms with E-state index in [9.17, 15) is 4.55 Å². The predicted molar refractivity (Wildman–Crippen MR) is 60.9 cm³/mol. The molecule has 0 N–H and O–H groups in total. The van der Waals surface area contributed by atoms with Gasteiger partial charge in [-0.3, -0.25) is 0 Å². The Hall–Kier alpha value is -0.670. The number of hydrogen-bond acceptors (Lipinski definition) is 2. The fraction of sp³-hybridized carbons (Fsp3) is 0.455. The Bertz CT molecular complexity index is 340.